The maximum atomic E-state index is 13.3. The molecule has 4 fully saturated rings. The van der Waals surface area contributed by atoms with Crippen molar-refractivity contribution in [3.8, 4) is 0 Å². The number of carbonyl (C=O) groups is 1. The van der Waals surface area contributed by atoms with E-state index < -0.39 is 18.1 Å². The van der Waals surface area contributed by atoms with E-state index in [0.717, 1.165) is 25.9 Å². The normalized spacial score (nSPS) is 39.1. The van der Waals surface area contributed by atoms with E-state index in [1.807, 2.05) is 5.01 Å². The second-order valence-corrected chi connectivity index (χ2v) is 8.78. The van der Waals surface area contributed by atoms with Crippen molar-refractivity contribution in [2.24, 2.45) is 11.8 Å². The summed E-state index contributed by atoms with van der Waals surface area (Å²) in [5, 5.41) is 4.83. The quantitative estimate of drug-likeness (QED) is 0.626. The monoisotopic (exact) mass is 420 g/mol. The summed E-state index contributed by atoms with van der Waals surface area (Å²) in [5.74, 6) is -1.74. The smallest absolute Gasteiger partial charge is 0.375 e. The molecule has 29 heavy (non-hydrogen) atoms. The fourth-order valence-corrected chi connectivity index (χ4v) is 5.09. The Morgan fingerprint density at radius 3 is 2.72 bits per heavy atom. The number of hydrogen-bond donors (Lipinski definition) is 3. The van der Waals surface area contributed by atoms with E-state index in [4.69, 9.17) is 9.57 Å². The van der Waals surface area contributed by atoms with Gasteiger partial charge in [-0.15, -0.1) is 0 Å². The van der Waals surface area contributed by atoms with Gasteiger partial charge in [0.1, 0.15) is 12.1 Å². The zero-order valence-electron chi connectivity index (χ0n) is 16.5. The number of rotatable bonds is 5. The third kappa shape index (κ3) is 5.22. The fourth-order valence-electron chi connectivity index (χ4n) is 5.09. The maximum absolute atomic E-state index is 13.3. The molecule has 7 nitrogen and oxygen atoms in total. The fraction of sp³-hybridized carbons (Fsp3) is 0.947. The number of alkyl halides is 3. The number of carbonyl (C=O) groups excluding carboxylic acids is 1. The number of amides is 1. The molecule has 0 aromatic rings. The van der Waals surface area contributed by atoms with Gasteiger partial charge in [-0.25, -0.2) is 5.01 Å². The Bertz CT molecular complexity index is 573. The largest absolute Gasteiger partial charge is 0.392 e. The predicted octanol–water partition coefficient (Wildman–Crippen LogP) is 1.50. The average molecular weight is 420 g/mol. The van der Waals surface area contributed by atoms with Gasteiger partial charge in [-0.05, 0) is 31.6 Å². The van der Waals surface area contributed by atoms with E-state index in [1.54, 1.807) is 0 Å². The van der Waals surface area contributed by atoms with Crippen molar-refractivity contribution in [3.63, 3.8) is 0 Å². The minimum Gasteiger partial charge on any atom is -0.375 e. The Morgan fingerprint density at radius 2 is 1.97 bits per heavy atom. The third-order valence-corrected chi connectivity index (χ3v) is 6.66. The van der Waals surface area contributed by atoms with E-state index in [2.05, 4.69) is 16.2 Å². The molecular formula is C19H31F3N4O3. The first-order valence-electron chi connectivity index (χ1n) is 10.8. The Morgan fingerprint density at radius 1 is 1.14 bits per heavy atom. The van der Waals surface area contributed by atoms with E-state index in [-0.39, 0.29) is 36.5 Å². The van der Waals surface area contributed by atoms with Crippen molar-refractivity contribution in [1.82, 2.24) is 21.2 Å². The van der Waals surface area contributed by atoms with E-state index in [9.17, 15) is 18.0 Å². The summed E-state index contributed by atoms with van der Waals surface area (Å²) in [6.07, 6.45) is 0.652. The number of halogens is 3. The van der Waals surface area contributed by atoms with Crippen molar-refractivity contribution in [2.75, 3.05) is 26.2 Å². The second kappa shape index (κ2) is 9.05. The molecule has 10 heteroatoms. The van der Waals surface area contributed by atoms with Crippen molar-refractivity contribution >= 4 is 5.91 Å². The van der Waals surface area contributed by atoms with Crippen LogP contribution in [-0.4, -0.2) is 67.6 Å². The Balaban J connectivity index is 1.22. The molecule has 3 N–H and O–H groups in total. The molecule has 1 saturated carbocycles. The number of nitrogens with zero attached hydrogens (tertiary/aromatic N) is 1. The van der Waals surface area contributed by atoms with Gasteiger partial charge in [0.2, 0.25) is 5.91 Å². The molecule has 1 aliphatic carbocycles. The summed E-state index contributed by atoms with van der Waals surface area (Å²) in [5.41, 5.74) is 5.96. The molecular weight excluding hydrogens is 389 g/mol. The summed E-state index contributed by atoms with van der Waals surface area (Å²) in [7, 11) is 0. The molecule has 4 rings (SSSR count). The first-order chi connectivity index (χ1) is 13.9. The van der Waals surface area contributed by atoms with Crippen molar-refractivity contribution in [1.29, 1.82) is 0 Å². The van der Waals surface area contributed by atoms with Crippen LogP contribution in [-0.2, 0) is 14.4 Å². The maximum Gasteiger partial charge on any atom is 0.392 e. The van der Waals surface area contributed by atoms with Crippen LogP contribution in [0.4, 0.5) is 13.2 Å². The van der Waals surface area contributed by atoms with Crippen LogP contribution in [0.1, 0.15) is 44.9 Å². The minimum atomic E-state index is -4.13. The highest BCUT2D eigenvalue weighted by Gasteiger charge is 2.46. The molecule has 3 heterocycles. The van der Waals surface area contributed by atoms with Gasteiger partial charge in [0.15, 0.2) is 0 Å². The molecule has 6 atom stereocenters. The van der Waals surface area contributed by atoms with E-state index in [1.165, 1.54) is 0 Å². The van der Waals surface area contributed by atoms with Crippen LogP contribution in [0.2, 0.25) is 0 Å². The van der Waals surface area contributed by atoms with Crippen LogP contribution >= 0.6 is 0 Å². The van der Waals surface area contributed by atoms with Crippen LogP contribution in [0.25, 0.3) is 0 Å². The molecule has 1 amide bonds. The van der Waals surface area contributed by atoms with Gasteiger partial charge < -0.3 is 10.1 Å². The molecule has 166 valence electrons. The lowest BCUT2D eigenvalue weighted by atomic mass is 9.78. The Kier molecular flexibility index (Phi) is 6.65. The standard InChI is InChI=1S/C19H31F3N4O3/c20-19(21,22)14-5-2-1-4-12(14)10-26-11-13(9-23-26)24-18(27)15-8-17(29-25-15)16-6-3-7-28-16/h12-17,23,25H,1-11H2,(H,24,27). The van der Waals surface area contributed by atoms with Gasteiger partial charge in [0.25, 0.3) is 0 Å². The summed E-state index contributed by atoms with van der Waals surface area (Å²) in [6.45, 7) is 2.14. The zero-order valence-corrected chi connectivity index (χ0v) is 16.5. The summed E-state index contributed by atoms with van der Waals surface area (Å²) < 4.78 is 45.5. The van der Waals surface area contributed by atoms with Crippen LogP contribution in [0.3, 0.4) is 0 Å². The van der Waals surface area contributed by atoms with Gasteiger partial charge in [-0.2, -0.15) is 18.7 Å². The minimum absolute atomic E-state index is 0.0426. The number of nitrogens with one attached hydrogen (secondary N) is 3. The molecule has 0 aromatic carbocycles. The van der Waals surface area contributed by atoms with Crippen molar-refractivity contribution in [2.45, 2.75) is 75.4 Å². The topological polar surface area (TPSA) is 74.9 Å². The Hall–Kier alpha value is -0.940. The molecule has 0 radical (unpaired) electrons. The molecule has 3 saturated heterocycles. The lowest BCUT2D eigenvalue weighted by molar-refractivity contribution is -0.198. The molecule has 0 spiro atoms. The average Bonchev–Trinajstić information content (AvgIpc) is 3.43. The van der Waals surface area contributed by atoms with Crippen LogP contribution in [0, 0.1) is 11.8 Å². The summed E-state index contributed by atoms with van der Waals surface area (Å²) in [4.78, 5) is 18.1. The van der Waals surface area contributed by atoms with Gasteiger partial charge in [0.05, 0.1) is 18.1 Å². The summed E-state index contributed by atoms with van der Waals surface area (Å²) in [6, 6.07) is -0.551. The van der Waals surface area contributed by atoms with Crippen LogP contribution in [0.5, 0.6) is 0 Å². The third-order valence-electron chi connectivity index (χ3n) is 6.66. The van der Waals surface area contributed by atoms with Crippen LogP contribution in [0.15, 0.2) is 0 Å². The lowest BCUT2D eigenvalue weighted by Gasteiger charge is -2.35. The van der Waals surface area contributed by atoms with Gasteiger partial charge in [-0.3, -0.25) is 15.1 Å². The second-order valence-electron chi connectivity index (χ2n) is 8.78. The van der Waals surface area contributed by atoms with Gasteiger partial charge in [0, 0.05) is 32.7 Å². The van der Waals surface area contributed by atoms with Crippen molar-refractivity contribution in [3.05, 3.63) is 0 Å². The van der Waals surface area contributed by atoms with Gasteiger partial charge >= 0.3 is 6.18 Å². The number of hydrazine groups is 1. The van der Waals surface area contributed by atoms with E-state index >= 15 is 0 Å². The number of hydrogen-bond acceptors (Lipinski definition) is 6. The SMILES string of the molecule is O=C(NC1CNN(CC2CCCCC2C(F)(F)F)C1)C1CC(C2CCCO2)ON1. The predicted molar refractivity (Wildman–Crippen MR) is 98.4 cm³/mol. The zero-order chi connectivity index (χ0) is 20.4. The molecule has 6 unspecified atom stereocenters. The Labute approximate surface area is 169 Å². The van der Waals surface area contributed by atoms with E-state index in [0.29, 0.717) is 38.9 Å². The number of ether oxygens (including phenoxy) is 1. The van der Waals surface area contributed by atoms with Crippen molar-refractivity contribution < 1.29 is 27.5 Å². The molecule has 3 aliphatic heterocycles. The highest BCUT2D eigenvalue weighted by Crippen LogP contribution is 2.41. The lowest BCUT2D eigenvalue weighted by Crippen LogP contribution is -2.47. The highest BCUT2D eigenvalue weighted by molar-refractivity contribution is 5.82. The van der Waals surface area contributed by atoms with Gasteiger partial charge in [-0.1, -0.05) is 12.8 Å². The van der Waals surface area contributed by atoms with Crippen LogP contribution < -0.4 is 16.2 Å². The summed E-state index contributed by atoms with van der Waals surface area (Å²) >= 11 is 0. The molecule has 0 aromatic heterocycles. The molecule has 0 bridgehead atoms. The first-order valence-corrected chi connectivity index (χ1v) is 10.8. The first kappa shape index (κ1) is 21.3. The molecule has 4 aliphatic rings. The number of hydroxylamine groups is 1. The highest BCUT2D eigenvalue weighted by atomic mass is 19.4.